The lowest BCUT2D eigenvalue weighted by atomic mass is 9.86. The number of amides is 2. The lowest BCUT2D eigenvalue weighted by Gasteiger charge is -2.35. The highest BCUT2D eigenvalue weighted by Crippen LogP contribution is 2.56. The van der Waals surface area contributed by atoms with Crippen LogP contribution in [0.5, 0.6) is 0 Å². The average molecular weight is 540 g/mol. The quantitative estimate of drug-likeness (QED) is 0.494. The number of carbonyl (C=O) groups excluding carboxylic acids is 2. The van der Waals surface area contributed by atoms with Crippen LogP contribution in [0.4, 0.5) is 18.0 Å². The predicted molar refractivity (Wildman–Crippen MR) is 119 cm³/mol. The number of alkyl halides is 2. The maximum Gasteiger partial charge on any atom is 0.425 e. The molecule has 1 saturated carbocycles. The highest BCUT2D eigenvalue weighted by molar-refractivity contribution is 9.10. The molecule has 2 aromatic rings. The standard InChI is InChI=1S/C23H21BrF3N3O4/c1-22(2,3)34-21(32)30(18(31)12-7-5-4-6-8-12)20-29-23(19(26)27,14-10-16(14)33-20)15-9-13(24)11-28-17(15)25/h4-9,11,14,16,19H,10H2,1-3H3/t14-,16?,23-/m0/s1. The number of imide groups is 1. The van der Waals surface area contributed by atoms with Crippen LogP contribution >= 0.6 is 15.9 Å². The van der Waals surface area contributed by atoms with E-state index in [2.05, 4.69) is 25.9 Å². The zero-order valence-corrected chi connectivity index (χ0v) is 20.1. The van der Waals surface area contributed by atoms with Crippen LogP contribution in [0.25, 0.3) is 0 Å². The fraction of sp³-hybridized carbons (Fsp3) is 0.391. The van der Waals surface area contributed by atoms with Gasteiger partial charge in [0.2, 0.25) is 5.95 Å². The summed E-state index contributed by atoms with van der Waals surface area (Å²) in [6.45, 7) is 4.76. The number of pyridine rings is 1. The minimum atomic E-state index is -3.18. The minimum Gasteiger partial charge on any atom is -0.461 e. The lowest BCUT2D eigenvalue weighted by Crippen LogP contribution is -2.51. The van der Waals surface area contributed by atoms with Gasteiger partial charge in [-0.15, -0.1) is 0 Å². The molecule has 34 heavy (non-hydrogen) atoms. The Labute approximate surface area is 202 Å². The number of hydrogen-bond acceptors (Lipinski definition) is 6. The molecule has 1 aromatic heterocycles. The summed E-state index contributed by atoms with van der Waals surface area (Å²) >= 11 is 3.13. The number of hydrogen-bond donors (Lipinski definition) is 0. The number of aliphatic imine (C=N–C) groups is 1. The lowest BCUT2D eigenvalue weighted by molar-refractivity contribution is 0.00618. The van der Waals surface area contributed by atoms with Gasteiger partial charge >= 0.3 is 12.1 Å². The number of halogens is 4. The SMILES string of the molecule is CC(C)(C)OC(=O)N(C(=O)c1ccccc1)C1=N[C@@](c2cc(Br)cnc2F)(C(F)F)[C@H]2CC2O1. The van der Waals surface area contributed by atoms with Crippen LogP contribution in [-0.2, 0) is 15.0 Å². The highest BCUT2D eigenvalue weighted by Gasteiger charge is 2.65. The van der Waals surface area contributed by atoms with E-state index >= 15 is 0 Å². The number of rotatable bonds is 3. The summed E-state index contributed by atoms with van der Waals surface area (Å²) in [7, 11) is 0. The third-order valence-corrected chi connectivity index (χ3v) is 5.83. The zero-order chi connectivity index (χ0) is 24.8. The summed E-state index contributed by atoms with van der Waals surface area (Å²) in [5, 5.41) is 0. The van der Waals surface area contributed by atoms with Gasteiger partial charge in [0, 0.05) is 27.7 Å². The molecule has 1 fully saturated rings. The topological polar surface area (TPSA) is 81.1 Å². The molecule has 1 aliphatic heterocycles. The molecule has 0 saturated heterocycles. The van der Waals surface area contributed by atoms with Crippen molar-refractivity contribution < 1.29 is 32.2 Å². The smallest absolute Gasteiger partial charge is 0.425 e. The molecule has 1 aromatic carbocycles. The van der Waals surface area contributed by atoms with Gasteiger partial charge in [-0.1, -0.05) is 18.2 Å². The van der Waals surface area contributed by atoms with Gasteiger partial charge < -0.3 is 9.47 Å². The molecular weight excluding hydrogens is 519 g/mol. The van der Waals surface area contributed by atoms with Crippen molar-refractivity contribution >= 4 is 34.0 Å². The summed E-state index contributed by atoms with van der Waals surface area (Å²) < 4.78 is 55.4. The van der Waals surface area contributed by atoms with E-state index in [4.69, 9.17) is 9.47 Å². The first kappa shape index (κ1) is 24.2. The molecule has 0 N–H and O–H groups in total. The average Bonchev–Trinajstić information content (AvgIpc) is 3.54. The van der Waals surface area contributed by atoms with E-state index in [1.807, 2.05) is 0 Å². The Kier molecular flexibility index (Phi) is 6.17. The second kappa shape index (κ2) is 8.68. The van der Waals surface area contributed by atoms with E-state index in [0.717, 1.165) is 6.20 Å². The van der Waals surface area contributed by atoms with Crippen molar-refractivity contribution in [1.82, 2.24) is 9.88 Å². The third-order valence-electron chi connectivity index (χ3n) is 5.40. The fourth-order valence-corrected chi connectivity index (χ4v) is 4.16. The summed E-state index contributed by atoms with van der Waals surface area (Å²) in [5.74, 6) is -2.88. The van der Waals surface area contributed by atoms with E-state index < -0.39 is 59.1 Å². The first-order valence-corrected chi connectivity index (χ1v) is 11.2. The Morgan fingerprint density at radius 3 is 2.56 bits per heavy atom. The summed E-state index contributed by atoms with van der Waals surface area (Å²) in [4.78, 5) is 34.5. The summed E-state index contributed by atoms with van der Waals surface area (Å²) in [6.07, 6.45) is -3.87. The number of nitrogens with zero attached hydrogens (tertiary/aromatic N) is 3. The van der Waals surface area contributed by atoms with Crippen molar-refractivity contribution in [2.45, 2.75) is 50.9 Å². The van der Waals surface area contributed by atoms with Crippen molar-refractivity contribution in [3.8, 4) is 0 Å². The predicted octanol–water partition coefficient (Wildman–Crippen LogP) is 5.30. The van der Waals surface area contributed by atoms with Crippen molar-refractivity contribution in [3.63, 3.8) is 0 Å². The van der Waals surface area contributed by atoms with Gasteiger partial charge in [0.1, 0.15) is 11.7 Å². The molecule has 1 aliphatic carbocycles. The second-order valence-electron chi connectivity index (χ2n) is 9.00. The van der Waals surface area contributed by atoms with Gasteiger partial charge in [-0.25, -0.2) is 23.6 Å². The van der Waals surface area contributed by atoms with Crippen LogP contribution < -0.4 is 0 Å². The fourth-order valence-electron chi connectivity index (χ4n) is 3.83. The molecular formula is C23H21BrF3N3O4. The van der Waals surface area contributed by atoms with Crippen LogP contribution in [0, 0.1) is 11.9 Å². The van der Waals surface area contributed by atoms with Crippen molar-refractivity contribution in [2.24, 2.45) is 10.9 Å². The monoisotopic (exact) mass is 539 g/mol. The second-order valence-corrected chi connectivity index (χ2v) is 9.91. The van der Waals surface area contributed by atoms with Crippen molar-refractivity contribution in [2.75, 3.05) is 0 Å². The Balaban J connectivity index is 1.87. The van der Waals surface area contributed by atoms with Crippen LogP contribution in [0.2, 0.25) is 0 Å². The maximum absolute atomic E-state index is 14.7. The van der Waals surface area contributed by atoms with Crippen LogP contribution in [0.1, 0.15) is 43.1 Å². The summed E-state index contributed by atoms with van der Waals surface area (Å²) in [6, 6.07) is 8.21. The van der Waals surface area contributed by atoms with E-state index in [9.17, 15) is 22.8 Å². The Morgan fingerprint density at radius 1 is 1.26 bits per heavy atom. The maximum atomic E-state index is 14.7. The van der Waals surface area contributed by atoms with Gasteiger partial charge in [0.25, 0.3) is 12.3 Å². The minimum absolute atomic E-state index is 0.0792. The first-order valence-electron chi connectivity index (χ1n) is 10.4. The van der Waals surface area contributed by atoms with Crippen LogP contribution in [0.3, 0.4) is 0 Å². The number of fused-ring (bicyclic) bond motifs is 1. The molecule has 2 aliphatic rings. The number of ether oxygens (including phenoxy) is 2. The van der Waals surface area contributed by atoms with Gasteiger partial charge in [0.15, 0.2) is 5.54 Å². The molecule has 4 rings (SSSR count). The molecule has 3 atom stereocenters. The third kappa shape index (κ3) is 4.40. The molecule has 2 heterocycles. The largest absolute Gasteiger partial charge is 0.461 e. The Bertz CT molecular complexity index is 1160. The highest BCUT2D eigenvalue weighted by atomic mass is 79.9. The van der Waals surface area contributed by atoms with E-state index in [1.165, 1.54) is 18.2 Å². The number of benzene rings is 1. The summed E-state index contributed by atoms with van der Waals surface area (Å²) in [5.41, 5.74) is -3.79. The molecule has 7 nitrogen and oxygen atoms in total. The van der Waals surface area contributed by atoms with E-state index in [1.54, 1.807) is 39.0 Å². The van der Waals surface area contributed by atoms with E-state index in [-0.39, 0.29) is 16.5 Å². The van der Waals surface area contributed by atoms with Crippen LogP contribution in [0.15, 0.2) is 52.1 Å². The van der Waals surface area contributed by atoms with Gasteiger partial charge in [-0.05, 0) is 61.3 Å². The molecule has 2 amide bonds. The van der Waals surface area contributed by atoms with Crippen LogP contribution in [-0.4, -0.2) is 46.0 Å². The molecule has 11 heteroatoms. The zero-order valence-electron chi connectivity index (χ0n) is 18.5. The van der Waals surface area contributed by atoms with Gasteiger partial charge in [-0.3, -0.25) is 4.79 Å². The number of carbonyl (C=O) groups is 2. The number of aromatic nitrogens is 1. The van der Waals surface area contributed by atoms with Gasteiger partial charge in [-0.2, -0.15) is 9.29 Å². The molecule has 0 bridgehead atoms. The Morgan fingerprint density at radius 2 is 1.94 bits per heavy atom. The molecule has 1 unspecified atom stereocenters. The molecule has 180 valence electrons. The number of amidine groups is 1. The normalized spacial score (nSPS) is 23.5. The molecule has 0 spiro atoms. The van der Waals surface area contributed by atoms with Gasteiger partial charge in [0.05, 0.1) is 0 Å². The van der Waals surface area contributed by atoms with E-state index in [0.29, 0.717) is 4.90 Å². The Hall–Kier alpha value is -2.95. The molecule has 0 radical (unpaired) electrons. The van der Waals surface area contributed by atoms with Crippen molar-refractivity contribution in [1.29, 1.82) is 0 Å². The van der Waals surface area contributed by atoms with Crippen molar-refractivity contribution in [3.05, 3.63) is 64.1 Å². The first-order chi connectivity index (χ1) is 15.9.